The Balaban J connectivity index is 1.55. The van der Waals surface area contributed by atoms with E-state index in [1.54, 1.807) is 18.5 Å². The Bertz CT molecular complexity index is 1000. The molecule has 2 aromatic carbocycles. The largest absolute Gasteiger partial charge is 0.441 e. The van der Waals surface area contributed by atoms with Crippen LogP contribution in [0.15, 0.2) is 103 Å². The number of aromatic nitrogens is 1. The molecule has 4 heteroatoms. The van der Waals surface area contributed by atoms with E-state index in [0.717, 1.165) is 22.6 Å². The van der Waals surface area contributed by atoms with Crippen LogP contribution in [-0.4, -0.2) is 4.98 Å². The van der Waals surface area contributed by atoms with E-state index in [4.69, 9.17) is 9.47 Å². The summed E-state index contributed by atoms with van der Waals surface area (Å²) in [5.74, 6) is 2.71. The first kappa shape index (κ1) is 15.8. The molecule has 0 atom stereocenters. The van der Waals surface area contributed by atoms with E-state index in [9.17, 15) is 0 Å². The predicted octanol–water partition coefficient (Wildman–Crippen LogP) is 5.03. The minimum absolute atomic E-state index is 0.568. The average Bonchev–Trinajstić information content (AvgIpc) is 2.70. The van der Waals surface area contributed by atoms with E-state index >= 15 is 0 Å². The van der Waals surface area contributed by atoms with E-state index < -0.39 is 0 Å². The molecule has 4 rings (SSSR count). The third-order valence-corrected chi connectivity index (χ3v) is 3.72. The van der Waals surface area contributed by atoms with Crippen LogP contribution in [0.4, 0.5) is 0 Å². The molecule has 3 aromatic rings. The summed E-state index contributed by atoms with van der Waals surface area (Å²) in [5.41, 5.74) is 5.00. The number of rotatable bonds is 5. The maximum absolute atomic E-state index is 5.85. The Kier molecular flexibility index (Phi) is 4.50. The molecule has 126 valence electrons. The molecule has 0 unspecified atom stereocenters. The first-order valence-electron chi connectivity index (χ1n) is 8.22. The molecule has 0 radical (unpaired) electrons. The standard InChI is InChI=1S/C22H16N2O2/c1-3-13-23-21(11-1)25-19-9-5-7-17(15-19)18-8-6-10-20(16-18)26-22-12-2-4-14-24-22/h1-3,5-16,24H. The lowest BCUT2D eigenvalue weighted by Crippen LogP contribution is -2.12. The summed E-state index contributed by atoms with van der Waals surface area (Å²) >= 11 is 0. The third kappa shape index (κ3) is 3.83. The Morgan fingerprint density at radius 1 is 0.808 bits per heavy atom. The van der Waals surface area contributed by atoms with E-state index in [0.29, 0.717) is 11.8 Å². The second-order valence-electron chi connectivity index (χ2n) is 5.58. The van der Waals surface area contributed by atoms with Crippen molar-refractivity contribution in [1.29, 1.82) is 0 Å². The van der Waals surface area contributed by atoms with Crippen molar-refractivity contribution >= 4 is 0 Å². The van der Waals surface area contributed by atoms with Crippen LogP contribution in [0.2, 0.25) is 0 Å². The third-order valence-electron chi connectivity index (χ3n) is 3.72. The van der Waals surface area contributed by atoms with Crippen LogP contribution in [0.25, 0.3) is 11.1 Å². The molecule has 0 amide bonds. The molecule has 1 N–H and O–H groups in total. The quantitative estimate of drug-likeness (QED) is 0.661. The van der Waals surface area contributed by atoms with Crippen molar-refractivity contribution in [2.45, 2.75) is 0 Å². The van der Waals surface area contributed by atoms with Crippen molar-refractivity contribution in [3.63, 3.8) is 0 Å². The summed E-state index contributed by atoms with van der Waals surface area (Å²) in [5, 5.41) is 3.01. The van der Waals surface area contributed by atoms with Crippen LogP contribution in [-0.2, 0) is 0 Å². The van der Waals surface area contributed by atoms with E-state index in [1.807, 2.05) is 72.8 Å². The fraction of sp³-hybridized carbons (Fsp3) is 0. The molecule has 1 aliphatic heterocycles. The predicted molar refractivity (Wildman–Crippen MR) is 101 cm³/mol. The van der Waals surface area contributed by atoms with Crippen molar-refractivity contribution < 1.29 is 9.47 Å². The summed E-state index contributed by atoms with van der Waals surface area (Å²) < 4.78 is 11.7. The molecular formula is C22H16N2O2. The molecule has 4 nitrogen and oxygen atoms in total. The number of benzene rings is 2. The molecule has 1 aliphatic rings. The second kappa shape index (κ2) is 7.43. The minimum Gasteiger partial charge on any atom is -0.441 e. The van der Waals surface area contributed by atoms with Crippen molar-refractivity contribution in [2.24, 2.45) is 0 Å². The highest BCUT2D eigenvalue weighted by Gasteiger charge is 2.05. The maximum Gasteiger partial charge on any atom is 0.219 e. The van der Waals surface area contributed by atoms with Gasteiger partial charge in [-0.25, -0.2) is 4.98 Å². The Morgan fingerprint density at radius 3 is 2.23 bits per heavy atom. The zero-order valence-corrected chi connectivity index (χ0v) is 13.9. The normalized spacial score (nSPS) is 12.2. The molecule has 0 spiro atoms. The Labute approximate surface area is 151 Å². The molecule has 0 bridgehead atoms. The van der Waals surface area contributed by atoms with Gasteiger partial charge in [-0.15, -0.1) is 5.73 Å². The molecule has 2 heterocycles. The van der Waals surface area contributed by atoms with Gasteiger partial charge in [0.15, 0.2) is 5.88 Å². The van der Waals surface area contributed by atoms with Crippen molar-refractivity contribution in [1.82, 2.24) is 10.3 Å². The maximum atomic E-state index is 5.85. The summed E-state index contributed by atoms with van der Waals surface area (Å²) in [6.45, 7) is 0. The molecule has 0 saturated heterocycles. The summed E-state index contributed by atoms with van der Waals surface area (Å²) in [7, 11) is 0. The zero-order valence-electron chi connectivity index (χ0n) is 13.9. The first-order chi connectivity index (χ1) is 12.9. The van der Waals surface area contributed by atoms with Gasteiger partial charge in [0.2, 0.25) is 5.88 Å². The molecular weight excluding hydrogens is 324 g/mol. The summed E-state index contributed by atoms with van der Waals surface area (Å²) in [6, 6.07) is 21.4. The highest BCUT2D eigenvalue weighted by molar-refractivity contribution is 5.66. The molecule has 0 fully saturated rings. The van der Waals surface area contributed by atoms with Crippen LogP contribution >= 0.6 is 0 Å². The molecule has 1 aromatic heterocycles. The zero-order chi connectivity index (χ0) is 17.6. The van der Waals surface area contributed by atoms with Crippen LogP contribution < -0.4 is 14.8 Å². The van der Waals surface area contributed by atoms with Gasteiger partial charge in [-0.05, 0) is 47.5 Å². The summed E-state index contributed by atoms with van der Waals surface area (Å²) in [6.07, 6.45) is 7.04. The fourth-order valence-electron chi connectivity index (χ4n) is 2.53. The Hall–Kier alpha value is -3.75. The topological polar surface area (TPSA) is 43.4 Å². The highest BCUT2D eigenvalue weighted by Crippen LogP contribution is 2.29. The van der Waals surface area contributed by atoms with Gasteiger partial charge in [0.25, 0.3) is 0 Å². The van der Waals surface area contributed by atoms with E-state index in [2.05, 4.69) is 16.0 Å². The van der Waals surface area contributed by atoms with Gasteiger partial charge in [0, 0.05) is 24.5 Å². The Morgan fingerprint density at radius 2 is 1.58 bits per heavy atom. The van der Waals surface area contributed by atoms with Crippen molar-refractivity contribution in [3.8, 4) is 28.5 Å². The van der Waals surface area contributed by atoms with Crippen LogP contribution in [0.1, 0.15) is 0 Å². The molecule has 0 saturated carbocycles. The number of nitrogens with zero attached hydrogens (tertiary/aromatic N) is 1. The average molecular weight is 340 g/mol. The fourth-order valence-corrected chi connectivity index (χ4v) is 2.53. The first-order valence-corrected chi connectivity index (χ1v) is 8.22. The number of hydrogen-bond acceptors (Lipinski definition) is 4. The smallest absolute Gasteiger partial charge is 0.219 e. The van der Waals surface area contributed by atoms with Gasteiger partial charge in [0.1, 0.15) is 11.5 Å². The van der Waals surface area contributed by atoms with Crippen LogP contribution in [0.5, 0.6) is 17.4 Å². The van der Waals surface area contributed by atoms with Gasteiger partial charge in [-0.1, -0.05) is 30.3 Å². The van der Waals surface area contributed by atoms with Crippen LogP contribution in [0, 0.1) is 0 Å². The van der Waals surface area contributed by atoms with Gasteiger partial charge >= 0.3 is 0 Å². The van der Waals surface area contributed by atoms with Crippen molar-refractivity contribution in [2.75, 3.05) is 0 Å². The number of hydrogen-bond donors (Lipinski definition) is 1. The number of pyridine rings is 1. The monoisotopic (exact) mass is 340 g/mol. The van der Waals surface area contributed by atoms with Gasteiger partial charge < -0.3 is 14.8 Å². The number of ether oxygens (including phenoxy) is 2. The van der Waals surface area contributed by atoms with Gasteiger partial charge in [-0.2, -0.15) is 0 Å². The van der Waals surface area contributed by atoms with Gasteiger partial charge in [-0.3, -0.25) is 0 Å². The highest BCUT2D eigenvalue weighted by atomic mass is 16.5. The second-order valence-corrected chi connectivity index (χ2v) is 5.58. The van der Waals surface area contributed by atoms with E-state index in [-0.39, 0.29) is 0 Å². The number of nitrogens with one attached hydrogen (secondary N) is 1. The van der Waals surface area contributed by atoms with Crippen molar-refractivity contribution in [3.05, 3.63) is 103 Å². The molecule has 26 heavy (non-hydrogen) atoms. The van der Waals surface area contributed by atoms with Crippen LogP contribution in [0.3, 0.4) is 0 Å². The lowest BCUT2D eigenvalue weighted by molar-refractivity contribution is 0.398. The minimum atomic E-state index is 0.568. The lowest BCUT2D eigenvalue weighted by Gasteiger charge is -2.12. The van der Waals surface area contributed by atoms with E-state index in [1.165, 1.54) is 0 Å². The lowest BCUT2D eigenvalue weighted by atomic mass is 10.1. The summed E-state index contributed by atoms with van der Waals surface area (Å²) in [4.78, 5) is 4.19. The van der Waals surface area contributed by atoms with Gasteiger partial charge in [0.05, 0.1) is 0 Å². The SMILES string of the molecule is C1=CC=C(Oc2cccc(-c3cccc(Oc4ccccn4)c3)c2)NC=1. The number of allylic oxidation sites excluding steroid dienone is 2. The molecule has 0 aliphatic carbocycles.